The summed E-state index contributed by atoms with van der Waals surface area (Å²) in [6, 6.07) is 9.67. The molecule has 4 heteroatoms. The van der Waals surface area contributed by atoms with Gasteiger partial charge in [-0.2, -0.15) is 0 Å². The first-order valence-electron chi connectivity index (χ1n) is 5.43. The van der Waals surface area contributed by atoms with Crippen molar-refractivity contribution in [3.05, 3.63) is 40.5 Å². The lowest BCUT2D eigenvalue weighted by molar-refractivity contribution is -0.140. The van der Waals surface area contributed by atoms with E-state index in [1.165, 1.54) is 0 Å². The maximum Gasteiger partial charge on any atom is 0.314 e. The van der Waals surface area contributed by atoms with Gasteiger partial charge in [0, 0.05) is 10.9 Å². The number of pyridine rings is 1. The number of halogens is 1. The van der Waals surface area contributed by atoms with E-state index in [1.54, 1.807) is 0 Å². The van der Waals surface area contributed by atoms with E-state index in [-0.39, 0.29) is 0 Å². The molecular weight excluding hydrogens is 282 g/mol. The van der Waals surface area contributed by atoms with Crippen LogP contribution in [0.5, 0.6) is 0 Å². The molecule has 1 aliphatic rings. The van der Waals surface area contributed by atoms with Crippen LogP contribution in [-0.4, -0.2) is 16.1 Å². The number of carboxylic acids is 1. The van der Waals surface area contributed by atoms with Crippen molar-refractivity contribution in [3.8, 4) is 0 Å². The molecule has 0 atom stereocenters. The van der Waals surface area contributed by atoms with Crippen molar-refractivity contribution in [3.63, 3.8) is 0 Å². The summed E-state index contributed by atoms with van der Waals surface area (Å²) in [6.07, 6.45) is 1.39. The zero-order valence-corrected chi connectivity index (χ0v) is 10.6. The van der Waals surface area contributed by atoms with Crippen LogP contribution in [-0.2, 0) is 10.2 Å². The third kappa shape index (κ3) is 1.55. The van der Waals surface area contributed by atoms with Crippen molar-refractivity contribution in [1.29, 1.82) is 0 Å². The standard InChI is InChI=1S/C13H10BrNO2/c14-11-9(13(5-6-13)12(16)17)7-8-3-1-2-4-10(8)15-11/h1-4,7H,5-6H2,(H,16,17). The normalized spacial score (nSPS) is 17.0. The van der Waals surface area contributed by atoms with Gasteiger partial charge in [0.25, 0.3) is 0 Å². The fourth-order valence-corrected chi connectivity index (χ4v) is 2.84. The molecule has 1 saturated carbocycles. The first kappa shape index (κ1) is 10.7. The number of benzene rings is 1. The summed E-state index contributed by atoms with van der Waals surface area (Å²) in [5.41, 5.74) is 0.962. The van der Waals surface area contributed by atoms with E-state index in [0.29, 0.717) is 17.4 Å². The summed E-state index contributed by atoms with van der Waals surface area (Å²) in [4.78, 5) is 15.7. The molecule has 1 heterocycles. The molecule has 0 bridgehead atoms. The predicted molar refractivity (Wildman–Crippen MR) is 68.0 cm³/mol. The number of fused-ring (bicyclic) bond motifs is 1. The minimum atomic E-state index is -0.754. The Hall–Kier alpha value is -1.42. The summed E-state index contributed by atoms with van der Waals surface area (Å²) in [6.45, 7) is 0. The third-order valence-electron chi connectivity index (χ3n) is 3.35. The zero-order chi connectivity index (χ0) is 12.0. The van der Waals surface area contributed by atoms with E-state index in [1.807, 2.05) is 30.3 Å². The van der Waals surface area contributed by atoms with Gasteiger partial charge < -0.3 is 5.11 Å². The quantitative estimate of drug-likeness (QED) is 0.865. The van der Waals surface area contributed by atoms with Crippen molar-refractivity contribution < 1.29 is 9.90 Å². The SMILES string of the molecule is O=C(O)C1(c2cc3ccccc3nc2Br)CC1. The van der Waals surface area contributed by atoms with Crippen molar-refractivity contribution >= 4 is 32.8 Å². The van der Waals surface area contributed by atoms with E-state index in [2.05, 4.69) is 20.9 Å². The van der Waals surface area contributed by atoms with Crippen LogP contribution >= 0.6 is 15.9 Å². The average molecular weight is 292 g/mol. The van der Waals surface area contributed by atoms with Gasteiger partial charge >= 0.3 is 5.97 Å². The number of aromatic nitrogens is 1. The molecule has 17 heavy (non-hydrogen) atoms. The molecule has 1 aromatic heterocycles. The van der Waals surface area contributed by atoms with Gasteiger partial charge in [-0.05, 0) is 40.9 Å². The summed E-state index contributed by atoms with van der Waals surface area (Å²) in [7, 11) is 0. The van der Waals surface area contributed by atoms with Gasteiger partial charge in [0.05, 0.1) is 10.9 Å². The van der Waals surface area contributed by atoms with Gasteiger partial charge in [-0.3, -0.25) is 4.79 Å². The molecular formula is C13H10BrNO2. The highest BCUT2D eigenvalue weighted by molar-refractivity contribution is 9.10. The first-order valence-corrected chi connectivity index (χ1v) is 6.22. The fourth-order valence-electron chi connectivity index (χ4n) is 2.15. The van der Waals surface area contributed by atoms with Crippen LogP contribution < -0.4 is 0 Å². The Morgan fingerprint density at radius 2 is 2.06 bits per heavy atom. The topological polar surface area (TPSA) is 50.2 Å². The molecule has 0 aliphatic heterocycles. The second-order valence-electron chi connectivity index (χ2n) is 4.41. The van der Waals surface area contributed by atoms with Gasteiger partial charge in [-0.25, -0.2) is 4.98 Å². The second-order valence-corrected chi connectivity index (χ2v) is 5.16. The maximum absolute atomic E-state index is 11.3. The van der Waals surface area contributed by atoms with Crippen molar-refractivity contribution in [2.75, 3.05) is 0 Å². The Labute approximate surface area is 107 Å². The average Bonchev–Trinajstić information content (AvgIpc) is 3.09. The van der Waals surface area contributed by atoms with Crippen LogP contribution in [0.15, 0.2) is 34.9 Å². The highest BCUT2D eigenvalue weighted by Crippen LogP contribution is 2.50. The molecule has 86 valence electrons. The lowest BCUT2D eigenvalue weighted by Gasteiger charge is -2.12. The minimum absolute atomic E-state index is 0.649. The Balaban J connectivity index is 2.24. The molecule has 0 amide bonds. The van der Waals surface area contributed by atoms with Crippen molar-refractivity contribution in [1.82, 2.24) is 4.98 Å². The summed E-state index contributed by atoms with van der Waals surface area (Å²) >= 11 is 3.39. The number of rotatable bonds is 2. The molecule has 2 aromatic rings. The van der Waals surface area contributed by atoms with E-state index >= 15 is 0 Å². The smallest absolute Gasteiger partial charge is 0.314 e. The van der Waals surface area contributed by atoms with Crippen molar-refractivity contribution in [2.45, 2.75) is 18.3 Å². The molecule has 1 fully saturated rings. The molecule has 3 rings (SSSR count). The molecule has 3 nitrogen and oxygen atoms in total. The van der Waals surface area contributed by atoms with Crippen LogP contribution in [0.4, 0.5) is 0 Å². The Morgan fingerprint density at radius 3 is 2.71 bits per heavy atom. The van der Waals surface area contributed by atoms with Gasteiger partial charge in [0.1, 0.15) is 4.60 Å². The summed E-state index contributed by atoms with van der Waals surface area (Å²) in [5, 5.41) is 10.3. The zero-order valence-electron chi connectivity index (χ0n) is 8.98. The van der Waals surface area contributed by atoms with E-state index < -0.39 is 11.4 Å². The monoisotopic (exact) mass is 291 g/mol. The molecule has 1 aliphatic carbocycles. The number of hydrogen-bond donors (Lipinski definition) is 1. The van der Waals surface area contributed by atoms with Crippen molar-refractivity contribution in [2.24, 2.45) is 0 Å². The van der Waals surface area contributed by atoms with Gasteiger partial charge in [-0.15, -0.1) is 0 Å². The van der Waals surface area contributed by atoms with Crippen LogP contribution in [0.2, 0.25) is 0 Å². The molecule has 1 aromatic carbocycles. The minimum Gasteiger partial charge on any atom is -0.481 e. The molecule has 0 unspecified atom stereocenters. The van der Waals surface area contributed by atoms with E-state index in [9.17, 15) is 9.90 Å². The number of hydrogen-bond acceptors (Lipinski definition) is 2. The van der Waals surface area contributed by atoms with Crippen LogP contribution in [0.25, 0.3) is 10.9 Å². The first-order chi connectivity index (χ1) is 8.13. The van der Waals surface area contributed by atoms with Crippen LogP contribution in [0.1, 0.15) is 18.4 Å². The Bertz CT molecular complexity index is 620. The van der Waals surface area contributed by atoms with Crippen LogP contribution in [0.3, 0.4) is 0 Å². The molecule has 1 N–H and O–H groups in total. The van der Waals surface area contributed by atoms with E-state index in [4.69, 9.17) is 0 Å². The van der Waals surface area contributed by atoms with Gasteiger partial charge in [-0.1, -0.05) is 18.2 Å². The predicted octanol–water partition coefficient (Wildman–Crippen LogP) is 3.11. The highest BCUT2D eigenvalue weighted by Gasteiger charge is 2.53. The maximum atomic E-state index is 11.3. The highest BCUT2D eigenvalue weighted by atomic mass is 79.9. The molecule has 0 radical (unpaired) electrons. The number of aliphatic carboxylic acids is 1. The van der Waals surface area contributed by atoms with E-state index in [0.717, 1.165) is 16.5 Å². The molecule has 0 spiro atoms. The Kier molecular flexibility index (Phi) is 2.23. The lowest BCUT2D eigenvalue weighted by atomic mass is 9.96. The number of nitrogens with zero attached hydrogens (tertiary/aromatic N) is 1. The van der Waals surface area contributed by atoms with Gasteiger partial charge in [0.2, 0.25) is 0 Å². The summed E-state index contributed by atoms with van der Waals surface area (Å²) < 4.78 is 0.649. The number of para-hydroxylation sites is 1. The Morgan fingerprint density at radius 1 is 1.35 bits per heavy atom. The van der Waals surface area contributed by atoms with Gasteiger partial charge in [0.15, 0.2) is 0 Å². The molecule has 0 saturated heterocycles. The van der Waals surface area contributed by atoms with Crippen LogP contribution in [0, 0.1) is 0 Å². The largest absolute Gasteiger partial charge is 0.481 e. The lowest BCUT2D eigenvalue weighted by Crippen LogP contribution is -2.20. The number of carboxylic acid groups (broad SMARTS) is 1. The fraction of sp³-hybridized carbons (Fsp3) is 0.231. The third-order valence-corrected chi connectivity index (χ3v) is 3.96. The number of carbonyl (C=O) groups is 1. The summed E-state index contributed by atoms with van der Waals surface area (Å²) in [5.74, 6) is -0.754. The second kappa shape index (κ2) is 3.53.